The zero-order chi connectivity index (χ0) is 14.6. The van der Waals surface area contributed by atoms with Crippen LogP contribution in [0, 0.1) is 18.6 Å². The largest absolute Gasteiger partial charge is 0.498 e. The molecule has 1 aliphatic rings. The average molecular weight is 289 g/mol. The Balaban J connectivity index is 2.46. The normalized spacial score (nSPS) is 20.9. The summed E-state index contributed by atoms with van der Waals surface area (Å²) < 4.78 is 39.1. The molecule has 0 spiro atoms. The van der Waals surface area contributed by atoms with E-state index in [0.29, 0.717) is 0 Å². The van der Waals surface area contributed by atoms with Crippen molar-refractivity contribution < 1.29 is 18.1 Å². The van der Waals surface area contributed by atoms with Gasteiger partial charge in [-0.1, -0.05) is 11.6 Å². The van der Waals surface area contributed by atoms with Crippen molar-refractivity contribution in [2.45, 2.75) is 45.8 Å². The van der Waals surface area contributed by atoms with Gasteiger partial charge in [-0.25, -0.2) is 8.78 Å². The first-order chi connectivity index (χ1) is 8.57. The Kier molecular flexibility index (Phi) is 3.44. The molecular formula is C13H16BClF2O2. The molecule has 1 heterocycles. The number of rotatable bonds is 1. The van der Waals surface area contributed by atoms with Crippen LogP contribution in [0.1, 0.15) is 33.3 Å². The molecule has 1 aromatic rings. The van der Waals surface area contributed by atoms with Crippen molar-refractivity contribution in [3.05, 3.63) is 28.3 Å². The first-order valence-electron chi connectivity index (χ1n) is 6.06. The van der Waals surface area contributed by atoms with E-state index in [1.165, 1.54) is 13.0 Å². The van der Waals surface area contributed by atoms with Crippen molar-refractivity contribution in [1.82, 2.24) is 0 Å². The van der Waals surface area contributed by atoms with Gasteiger partial charge in [0.1, 0.15) is 0 Å². The van der Waals surface area contributed by atoms with E-state index < -0.39 is 30.0 Å². The van der Waals surface area contributed by atoms with Gasteiger partial charge in [0.25, 0.3) is 0 Å². The molecule has 1 aliphatic heterocycles. The summed E-state index contributed by atoms with van der Waals surface area (Å²) >= 11 is 5.89. The molecule has 1 aromatic carbocycles. The molecule has 0 aromatic heterocycles. The van der Waals surface area contributed by atoms with E-state index >= 15 is 0 Å². The van der Waals surface area contributed by atoms with Crippen molar-refractivity contribution in [3.8, 4) is 0 Å². The van der Waals surface area contributed by atoms with E-state index in [4.69, 9.17) is 20.9 Å². The van der Waals surface area contributed by atoms with E-state index in [-0.39, 0.29) is 16.0 Å². The molecule has 0 amide bonds. The maximum absolute atomic E-state index is 14.0. The molecule has 1 fully saturated rings. The number of hydrogen-bond acceptors (Lipinski definition) is 2. The molecule has 0 bridgehead atoms. The SMILES string of the molecule is Cc1c(Cl)cc(B2OC(C)(C)C(C)(C)O2)c(F)c1F. The Labute approximate surface area is 117 Å². The van der Waals surface area contributed by atoms with Crippen LogP contribution in [0.25, 0.3) is 0 Å². The maximum atomic E-state index is 14.0. The number of benzene rings is 1. The summed E-state index contributed by atoms with van der Waals surface area (Å²) in [6.07, 6.45) is 0. The maximum Gasteiger partial charge on any atom is 0.498 e. The molecule has 0 saturated carbocycles. The van der Waals surface area contributed by atoms with Crippen molar-refractivity contribution >= 4 is 24.2 Å². The smallest absolute Gasteiger partial charge is 0.399 e. The van der Waals surface area contributed by atoms with Crippen molar-refractivity contribution in [2.75, 3.05) is 0 Å². The summed E-state index contributed by atoms with van der Waals surface area (Å²) in [6, 6.07) is 1.36. The van der Waals surface area contributed by atoms with Crippen molar-refractivity contribution in [2.24, 2.45) is 0 Å². The summed E-state index contributed by atoms with van der Waals surface area (Å²) in [4.78, 5) is 0. The van der Waals surface area contributed by atoms with E-state index in [2.05, 4.69) is 0 Å². The Morgan fingerprint density at radius 2 is 1.53 bits per heavy atom. The lowest BCUT2D eigenvalue weighted by molar-refractivity contribution is 0.00578. The van der Waals surface area contributed by atoms with E-state index in [1.54, 1.807) is 0 Å². The minimum atomic E-state index is -0.972. The van der Waals surface area contributed by atoms with Crippen LogP contribution in [0.5, 0.6) is 0 Å². The van der Waals surface area contributed by atoms with Crippen LogP contribution in [0.15, 0.2) is 6.07 Å². The second kappa shape index (κ2) is 4.43. The molecule has 6 heteroatoms. The molecule has 0 N–H and O–H groups in total. The topological polar surface area (TPSA) is 18.5 Å². The molecule has 0 atom stereocenters. The first kappa shape index (κ1) is 14.8. The molecule has 0 radical (unpaired) electrons. The van der Waals surface area contributed by atoms with E-state index in [1.807, 2.05) is 27.7 Å². The Bertz CT molecular complexity index is 516. The van der Waals surface area contributed by atoms with Crippen LogP contribution in [0.3, 0.4) is 0 Å². The van der Waals surface area contributed by atoms with Gasteiger partial charge in [0.2, 0.25) is 0 Å². The fourth-order valence-corrected chi connectivity index (χ4v) is 2.05. The van der Waals surface area contributed by atoms with Crippen LogP contribution in [-0.4, -0.2) is 18.3 Å². The molecule has 0 unspecified atom stereocenters. The van der Waals surface area contributed by atoms with Crippen LogP contribution in [-0.2, 0) is 9.31 Å². The fraction of sp³-hybridized carbons (Fsp3) is 0.538. The van der Waals surface area contributed by atoms with Gasteiger partial charge in [0.05, 0.1) is 11.2 Å². The van der Waals surface area contributed by atoms with Crippen LogP contribution < -0.4 is 5.46 Å². The Morgan fingerprint density at radius 1 is 1.05 bits per heavy atom. The lowest BCUT2D eigenvalue weighted by atomic mass is 9.78. The summed E-state index contributed by atoms with van der Waals surface area (Å²) in [7, 11) is -0.961. The minimum Gasteiger partial charge on any atom is -0.399 e. The summed E-state index contributed by atoms with van der Waals surface area (Å²) in [5, 5.41) is 0.156. The van der Waals surface area contributed by atoms with Gasteiger partial charge in [-0.3, -0.25) is 0 Å². The third-order valence-electron chi connectivity index (χ3n) is 3.92. The second-order valence-corrected chi connectivity index (χ2v) is 6.20. The van der Waals surface area contributed by atoms with Crippen LogP contribution in [0.2, 0.25) is 5.02 Å². The zero-order valence-corrected chi connectivity index (χ0v) is 12.4. The highest BCUT2D eigenvalue weighted by Gasteiger charge is 2.52. The molecule has 1 saturated heterocycles. The summed E-state index contributed by atoms with van der Waals surface area (Å²) in [5.41, 5.74) is -1.15. The highest BCUT2D eigenvalue weighted by atomic mass is 35.5. The Hall–Kier alpha value is -0.645. The molecule has 104 valence electrons. The van der Waals surface area contributed by atoms with Gasteiger partial charge >= 0.3 is 7.12 Å². The van der Waals surface area contributed by atoms with Crippen molar-refractivity contribution in [1.29, 1.82) is 0 Å². The van der Waals surface area contributed by atoms with Gasteiger partial charge in [-0.15, -0.1) is 0 Å². The highest BCUT2D eigenvalue weighted by Crippen LogP contribution is 2.37. The third-order valence-corrected chi connectivity index (χ3v) is 4.32. The third kappa shape index (κ3) is 2.28. The lowest BCUT2D eigenvalue weighted by Gasteiger charge is -2.32. The predicted octanol–water partition coefficient (Wildman–Crippen LogP) is 3.23. The van der Waals surface area contributed by atoms with Gasteiger partial charge < -0.3 is 9.31 Å². The lowest BCUT2D eigenvalue weighted by Crippen LogP contribution is -2.41. The standard InChI is InChI=1S/C13H16BClF2O2/c1-7-9(15)6-8(11(17)10(7)16)14-18-12(2,3)13(4,5)19-14/h6H,1-5H3. The van der Waals surface area contributed by atoms with Crippen LogP contribution in [0.4, 0.5) is 8.78 Å². The molecule has 2 rings (SSSR count). The predicted molar refractivity (Wildman–Crippen MR) is 71.8 cm³/mol. The van der Waals surface area contributed by atoms with Gasteiger partial charge in [0.15, 0.2) is 11.6 Å². The molecule has 0 aliphatic carbocycles. The summed E-state index contributed by atoms with van der Waals surface area (Å²) in [6.45, 7) is 8.80. The fourth-order valence-electron chi connectivity index (χ4n) is 1.85. The first-order valence-corrected chi connectivity index (χ1v) is 6.44. The summed E-state index contributed by atoms with van der Waals surface area (Å²) in [5.74, 6) is -1.93. The number of hydrogen-bond donors (Lipinski definition) is 0. The van der Waals surface area contributed by atoms with E-state index in [9.17, 15) is 8.78 Å². The molecule has 19 heavy (non-hydrogen) atoms. The van der Waals surface area contributed by atoms with Crippen LogP contribution >= 0.6 is 11.6 Å². The second-order valence-electron chi connectivity index (χ2n) is 5.79. The molecular weight excluding hydrogens is 272 g/mol. The monoisotopic (exact) mass is 288 g/mol. The number of halogens is 3. The van der Waals surface area contributed by atoms with Gasteiger partial charge in [-0.05, 0) is 40.7 Å². The Morgan fingerprint density at radius 3 is 2.00 bits per heavy atom. The van der Waals surface area contributed by atoms with Gasteiger partial charge in [-0.2, -0.15) is 0 Å². The minimum absolute atomic E-state index is 0.00764. The molecule has 2 nitrogen and oxygen atoms in total. The average Bonchev–Trinajstić information content (AvgIpc) is 2.50. The highest BCUT2D eigenvalue weighted by molar-refractivity contribution is 6.62. The van der Waals surface area contributed by atoms with Gasteiger partial charge in [0, 0.05) is 16.0 Å². The van der Waals surface area contributed by atoms with E-state index in [0.717, 1.165) is 0 Å². The van der Waals surface area contributed by atoms with Crippen molar-refractivity contribution in [3.63, 3.8) is 0 Å². The zero-order valence-electron chi connectivity index (χ0n) is 11.6. The quantitative estimate of drug-likeness (QED) is 0.583.